The molecule has 2 aromatic carbocycles. The highest BCUT2D eigenvalue weighted by Crippen LogP contribution is 2.31. The van der Waals surface area contributed by atoms with Crippen LogP contribution < -0.4 is 10.5 Å². The monoisotopic (exact) mass is 307 g/mol. The summed E-state index contributed by atoms with van der Waals surface area (Å²) in [6.07, 6.45) is 0. The Morgan fingerprint density at radius 3 is 2.65 bits per heavy atom. The topological polar surface area (TPSA) is 53.1 Å². The fourth-order valence-electron chi connectivity index (χ4n) is 2.15. The number of rotatable bonds is 2. The van der Waals surface area contributed by atoms with Gasteiger partial charge in [0.25, 0.3) is 0 Å². The van der Waals surface area contributed by atoms with E-state index in [9.17, 15) is 0 Å². The third-order valence-electron chi connectivity index (χ3n) is 3.06. The van der Waals surface area contributed by atoms with Crippen molar-refractivity contribution in [3.05, 3.63) is 46.4 Å². The average molecular weight is 308 g/mol. The minimum atomic E-state index is 0.356. The Hall–Kier alpha value is -1.91. The predicted molar refractivity (Wildman–Crippen MR) is 82.1 cm³/mol. The second-order valence-corrected chi connectivity index (χ2v) is 5.05. The van der Waals surface area contributed by atoms with Crippen molar-refractivity contribution in [1.29, 1.82) is 0 Å². The molecule has 20 heavy (non-hydrogen) atoms. The number of benzene rings is 2. The van der Waals surface area contributed by atoms with Crippen LogP contribution in [0, 0.1) is 0 Å². The van der Waals surface area contributed by atoms with Gasteiger partial charge in [-0.2, -0.15) is 0 Å². The van der Waals surface area contributed by atoms with Crippen molar-refractivity contribution in [3.63, 3.8) is 0 Å². The number of nitrogen functional groups attached to an aromatic ring is 1. The fraction of sp³-hybridized carbons (Fsp3) is 0.0714. The second kappa shape index (κ2) is 4.89. The largest absolute Gasteiger partial charge is 0.495 e. The summed E-state index contributed by atoms with van der Waals surface area (Å²) in [5.74, 6) is 0.964. The quantitative estimate of drug-likeness (QED) is 0.780. The number of hydrogen-bond donors (Lipinski definition) is 1. The molecule has 6 heteroatoms. The van der Waals surface area contributed by atoms with E-state index in [1.165, 1.54) is 0 Å². The van der Waals surface area contributed by atoms with E-state index in [-0.39, 0.29) is 0 Å². The standard InChI is InChI=1S/C14H11Cl2N3O/c1-20-12-6-5-8(7-10(12)16)19-11-4-2-3-9(15)13(11)18-14(19)17/h2-7H,1H3,(H2,17,18). The highest BCUT2D eigenvalue weighted by molar-refractivity contribution is 6.35. The van der Waals surface area contributed by atoms with Crippen LogP contribution in [0.25, 0.3) is 16.7 Å². The second-order valence-electron chi connectivity index (χ2n) is 4.23. The molecule has 0 aliphatic heterocycles. The zero-order valence-electron chi connectivity index (χ0n) is 10.6. The molecule has 0 saturated heterocycles. The van der Waals surface area contributed by atoms with Gasteiger partial charge in [0.05, 0.1) is 28.4 Å². The van der Waals surface area contributed by atoms with Crippen molar-refractivity contribution >= 4 is 40.2 Å². The summed E-state index contributed by atoms with van der Waals surface area (Å²) in [6.45, 7) is 0. The molecule has 0 aliphatic rings. The number of nitrogens with zero attached hydrogens (tertiary/aromatic N) is 2. The molecule has 0 unspecified atom stereocenters. The van der Waals surface area contributed by atoms with Gasteiger partial charge in [-0.05, 0) is 30.3 Å². The lowest BCUT2D eigenvalue weighted by Crippen LogP contribution is -2.00. The summed E-state index contributed by atoms with van der Waals surface area (Å²) in [5.41, 5.74) is 8.29. The Bertz CT molecular complexity index is 798. The first-order valence-corrected chi connectivity index (χ1v) is 6.64. The molecular weight excluding hydrogens is 297 g/mol. The third-order valence-corrected chi connectivity index (χ3v) is 3.66. The van der Waals surface area contributed by atoms with Gasteiger partial charge in [-0.15, -0.1) is 0 Å². The number of nitrogens with two attached hydrogens (primary N) is 1. The summed E-state index contributed by atoms with van der Waals surface area (Å²) in [6, 6.07) is 11.0. The maximum atomic E-state index is 6.16. The van der Waals surface area contributed by atoms with E-state index in [1.807, 2.05) is 18.2 Å². The Morgan fingerprint density at radius 2 is 1.95 bits per heavy atom. The van der Waals surface area contributed by atoms with Gasteiger partial charge in [-0.3, -0.25) is 4.57 Å². The molecule has 3 rings (SSSR count). The van der Waals surface area contributed by atoms with Gasteiger partial charge >= 0.3 is 0 Å². The van der Waals surface area contributed by atoms with Crippen molar-refractivity contribution in [1.82, 2.24) is 9.55 Å². The minimum absolute atomic E-state index is 0.356. The zero-order chi connectivity index (χ0) is 14.3. The van der Waals surface area contributed by atoms with Crippen LogP contribution in [-0.2, 0) is 0 Å². The first-order chi connectivity index (χ1) is 9.61. The Balaban J connectivity index is 2.27. The number of aromatic nitrogens is 2. The fourth-order valence-corrected chi connectivity index (χ4v) is 2.61. The molecule has 1 aromatic heterocycles. The van der Waals surface area contributed by atoms with Crippen molar-refractivity contribution in [2.45, 2.75) is 0 Å². The van der Waals surface area contributed by atoms with E-state index >= 15 is 0 Å². The molecule has 0 radical (unpaired) electrons. The molecule has 2 N–H and O–H groups in total. The zero-order valence-corrected chi connectivity index (χ0v) is 12.1. The summed E-state index contributed by atoms with van der Waals surface area (Å²) in [7, 11) is 1.57. The van der Waals surface area contributed by atoms with Gasteiger partial charge < -0.3 is 10.5 Å². The van der Waals surface area contributed by atoms with Crippen molar-refractivity contribution in [3.8, 4) is 11.4 Å². The lowest BCUT2D eigenvalue weighted by atomic mass is 10.2. The van der Waals surface area contributed by atoms with Crippen LogP contribution in [0.15, 0.2) is 36.4 Å². The highest BCUT2D eigenvalue weighted by Gasteiger charge is 2.13. The van der Waals surface area contributed by atoms with Crippen LogP contribution in [0.3, 0.4) is 0 Å². The molecule has 0 saturated carbocycles. The predicted octanol–water partition coefficient (Wildman–Crippen LogP) is 3.92. The lowest BCUT2D eigenvalue weighted by molar-refractivity contribution is 0.415. The molecular formula is C14H11Cl2N3O. The average Bonchev–Trinajstić information content (AvgIpc) is 2.76. The van der Waals surface area contributed by atoms with E-state index in [0.717, 1.165) is 11.2 Å². The Morgan fingerprint density at radius 1 is 1.15 bits per heavy atom. The molecule has 4 nitrogen and oxygen atoms in total. The third kappa shape index (κ3) is 1.97. The van der Waals surface area contributed by atoms with E-state index in [4.69, 9.17) is 33.7 Å². The van der Waals surface area contributed by atoms with Crippen molar-refractivity contribution < 1.29 is 4.74 Å². The number of ether oxygens (including phenoxy) is 1. The highest BCUT2D eigenvalue weighted by atomic mass is 35.5. The Labute approximate surface area is 125 Å². The number of methoxy groups -OCH3 is 1. The molecule has 0 bridgehead atoms. The normalized spacial score (nSPS) is 10.9. The van der Waals surface area contributed by atoms with Gasteiger partial charge in [-0.1, -0.05) is 29.3 Å². The van der Waals surface area contributed by atoms with Gasteiger partial charge in [0.15, 0.2) is 0 Å². The van der Waals surface area contributed by atoms with Crippen LogP contribution in [-0.4, -0.2) is 16.7 Å². The number of imidazole rings is 1. The van der Waals surface area contributed by atoms with Crippen LogP contribution in [0.2, 0.25) is 10.0 Å². The van der Waals surface area contributed by atoms with Crippen LogP contribution in [0.5, 0.6) is 5.75 Å². The molecule has 102 valence electrons. The van der Waals surface area contributed by atoms with Gasteiger partial charge in [0.2, 0.25) is 5.95 Å². The van der Waals surface area contributed by atoms with E-state index in [2.05, 4.69) is 4.98 Å². The van der Waals surface area contributed by atoms with Crippen LogP contribution in [0.1, 0.15) is 0 Å². The van der Waals surface area contributed by atoms with E-state index < -0.39 is 0 Å². The van der Waals surface area contributed by atoms with Crippen LogP contribution >= 0.6 is 23.2 Å². The van der Waals surface area contributed by atoms with Crippen LogP contribution in [0.4, 0.5) is 5.95 Å². The molecule has 0 fully saturated rings. The van der Waals surface area contributed by atoms with E-state index in [0.29, 0.717) is 27.3 Å². The smallest absolute Gasteiger partial charge is 0.205 e. The molecule has 1 heterocycles. The summed E-state index contributed by atoms with van der Waals surface area (Å²) < 4.78 is 6.94. The molecule has 0 spiro atoms. The van der Waals surface area contributed by atoms with Crippen molar-refractivity contribution in [2.75, 3.05) is 12.8 Å². The maximum Gasteiger partial charge on any atom is 0.205 e. The molecule has 0 amide bonds. The Kier molecular flexibility index (Phi) is 3.20. The number of fused-ring (bicyclic) bond motifs is 1. The molecule has 0 aliphatic carbocycles. The van der Waals surface area contributed by atoms with Gasteiger partial charge in [-0.25, -0.2) is 4.98 Å². The number of hydrogen-bond acceptors (Lipinski definition) is 3. The first-order valence-electron chi connectivity index (χ1n) is 5.88. The molecule has 0 atom stereocenters. The lowest BCUT2D eigenvalue weighted by Gasteiger charge is -2.09. The molecule has 3 aromatic rings. The summed E-state index contributed by atoms with van der Waals surface area (Å²) in [4.78, 5) is 4.30. The van der Waals surface area contributed by atoms with Crippen molar-refractivity contribution in [2.24, 2.45) is 0 Å². The number of para-hydroxylation sites is 1. The maximum absolute atomic E-state index is 6.16. The number of anilines is 1. The summed E-state index contributed by atoms with van der Waals surface area (Å²) in [5, 5.41) is 1.07. The SMILES string of the molecule is COc1ccc(-n2c(N)nc3c(Cl)cccc32)cc1Cl. The summed E-state index contributed by atoms with van der Waals surface area (Å²) >= 11 is 12.3. The number of halogens is 2. The minimum Gasteiger partial charge on any atom is -0.495 e. The van der Waals surface area contributed by atoms with E-state index in [1.54, 1.807) is 29.9 Å². The first kappa shape index (κ1) is 13.1. The van der Waals surface area contributed by atoms with Gasteiger partial charge in [0, 0.05) is 0 Å². The van der Waals surface area contributed by atoms with Gasteiger partial charge in [0.1, 0.15) is 11.3 Å².